The lowest BCUT2D eigenvalue weighted by atomic mass is 10.0. The minimum Gasteiger partial charge on any atom is -0.395 e. The quantitative estimate of drug-likeness (QED) is 0.635. The first-order valence-corrected chi connectivity index (χ1v) is 11.2. The largest absolute Gasteiger partial charge is 0.395 e. The van der Waals surface area contributed by atoms with Crippen molar-refractivity contribution in [1.29, 1.82) is 0 Å². The predicted octanol–water partition coefficient (Wildman–Crippen LogP) is 4.76. The van der Waals surface area contributed by atoms with Crippen molar-refractivity contribution in [3.8, 4) is 0 Å². The van der Waals surface area contributed by atoms with E-state index in [-0.39, 0.29) is 24.0 Å². The van der Waals surface area contributed by atoms with Crippen molar-refractivity contribution in [2.24, 2.45) is 5.92 Å². The fourth-order valence-corrected chi connectivity index (χ4v) is 4.69. The van der Waals surface area contributed by atoms with Crippen LogP contribution >= 0.6 is 11.6 Å². The number of sulfonamides is 1. The van der Waals surface area contributed by atoms with Crippen molar-refractivity contribution < 1.29 is 13.5 Å². The molecular formula is C22H28ClNO3S. The molecule has 2 aromatic rings. The van der Waals surface area contributed by atoms with Gasteiger partial charge in [-0.3, -0.25) is 0 Å². The number of aliphatic hydroxyl groups excluding tert-OH is 1. The van der Waals surface area contributed by atoms with E-state index in [9.17, 15) is 13.5 Å². The van der Waals surface area contributed by atoms with Gasteiger partial charge in [-0.05, 0) is 49.1 Å². The van der Waals surface area contributed by atoms with Crippen LogP contribution in [0.1, 0.15) is 31.4 Å². The minimum atomic E-state index is -3.77. The first-order chi connectivity index (χ1) is 13.2. The average molecular weight is 422 g/mol. The Morgan fingerprint density at radius 3 is 2.21 bits per heavy atom. The van der Waals surface area contributed by atoms with E-state index in [1.165, 1.54) is 22.0 Å². The Morgan fingerprint density at radius 1 is 1.07 bits per heavy atom. The van der Waals surface area contributed by atoms with Crippen LogP contribution < -0.4 is 0 Å². The molecule has 6 heteroatoms. The molecule has 0 fully saturated rings. The Balaban J connectivity index is 2.32. The van der Waals surface area contributed by atoms with Crippen molar-refractivity contribution in [3.63, 3.8) is 0 Å². The van der Waals surface area contributed by atoms with Crippen LogP contribution in [0.15, 0.2) is 59.5 Å². The zero-order chi connectivity index (χ0) is 20.7. The molecule has 28 heavy (non-hydrogen) atoms. The smallest absolute Gasteiger partial charge is 0.243 e. The molecule has 0 spiro atoms. The molecule has 152 valence electrons. The fraction of sp³-hybridized carbons (Fsp3) is 0.364. The van der Waals surface area contributed by atoms with Crippen LogP contribution in [-0.2, 0) is 10.0 Å². The molecule has 0 aliphatic heterocycles. The summed E-state index contributed by atoms with van der Waals surface area (Å²) in [7, 11) is -3.77. The van der Waals surface area contributed by atoms with E-state index in [4.69, 9.17) is 11.6 Å². The Bertz CT molecular complexity index is 875. The molecule has 1 unspecified atom stereocenters. The van der Waals surface area contributed by atoms with E-state index >= 15 is 0 Å². The number of aliphatic hydroxyl groups is 1. The molecule has 2 aromatic carbocycles. The highest BCUT2D eigenvalue weighted by Crippen LogP contribution is 2.23. The summed E-state index contributed by atoms with van der Waals surface area (Å²) in [4.78, 5) is 0.169. The maximum Gasteiger partial charge on any atom is 0.243 e. The van der Waals surface area contributed by atoms with Gasteiger partial charge < -0.3 is 5.11 Å². The van der Waals surface area contributed by atoms with Gasteiger partial charge in [0.25, 0.3) is 0 Å². The van der Waals surface area contributed by atoms with Gasteiger partial charge in [0.05, 0.1) is 11.5 Å². The fourth-order valence-electron chi connectivity index (χ4n) is 2.98. The SMILES string of the molecule is Cc1ccc(C=CCN(C(CO)CC(C)C)S(=O)(=O)c2ccc(Cl)cc2)cc1. The molecule has 1 atom stereocenters. The molecule has 1 N–H and O–H groups in total. The molecular weight excluding hydrogens is 394 g/mol. The summed E-state index contributed by atoms with van der Waals surface area (Å²) >= 11 is 5.90. The Labute approximate surface area is 173 Å². The molecule has 0 saturated heterocycles. The zero-order valence-electron chi connectivity index (χ0n) is 16.5. The topological polar surface area (TPSA) is 57.6 Å². The van der Waals surface area contributed by atoms with Crippen LogP contribution in [0.25, 0.3) is 6.08 Å². The molecule has 0 amide bonds. The summed E-state index contributed by atoms with van der Waals surface area (Å²) in [6, 6.07) is 13.6. The second-order valence-corrected chi connectivity index (χ2v) is 9.63. The van der Waals surface area contributed by atoms with Gasteiger partial charge >= 0.3 is 0 Å². The second kappa shape index (κ2) is 10.2. The highest BCUT2D eigenvalue weighted by molar-refractivity contribution is 7.89. The maximum atomic E-state index is 13.3. The number of halogens is 1. The van der Waals surface area contributed by atoms with Gasteiger partial charge in [0.1, 0.15) is 0 Å². The number of rotatable bonds is 9. The van der Waals surface area contributed by atoms with Crippen molar-refractivity contribution in [2.45, 2.75) is 38.1 Å². The van der Waals surface area contributed by atoms with Gasteiger partial charge in [0.2, 0.25) is 10.0 Å². The first-order valence-electron chi connectivity index (χ1n) is 9.35. The molecule has 4 nitrogen and oxygen atoms in total. The Morgan fingerprint density at radius 2 is 1.68 bits per heavy atom. The average Bonchev–Trinajstić information content (AvgIpc) is 2.65. The summed E-state index contributed by atoms with van der Waals surface area (Å²) in [5, 5.41) is 10.4. The van der Waals surface area contributed by atoms with E-state index < -0.39 is 16.1 Å². The molecule has 2 rings (SSSR count). The standard InChI is InChI=1S/C22H28ClNO3S/c1-17(2)15-21(16-25)24(14-4-5-19-8-6-18(3)7-9-19)28(26,27)22-12-10-20(23)11-13-22/h4-13,17,21,25H,14-16H2,1-3H3. The Hall–Kier alpha value is -1.66. The summed E-state index contributed by atoms with van der Waals surface area (Å²) in [5.74, 6) is 0.251. The molecule has 0 aliphatic carbocycles. The van der Waals surface area contributed by atoms with Crippen LogP contribution in [0.3, 0.4) is 0 Å². The van der Waals surface area contributed by atoms with Crippen LogP contribution in [0, 0.1) is 12.8 Å². The van der Waals surface area contributed by atoms with E-state index in [1.807, 2.05) is 57.2 Å². The molecule has 0 bridgehead atoms. The summed E-state index contributed by atoms with van der Waals surface area (Å²) < 4.78 is 27.9. The summed E-state index contributed by atoms with van der Waals surface area (Å²) in [6.45, 7) is 5.99. The zero-order valence-corrected chi connectivity index (χ0v) is 18.1. The van der Waals surface area contributed by atoms with E-state index in [0.717, 1.165) is 5.56 Å². The Kier molecular flexibility index (Phi) is 8.25. The van der Waals surface area contributed by atoms with Crippen molar-refractivity contribution in [2.75, 3.05) is 13.2 Å². The third kappa shape index (κ3) is 6.17. The summed E-state index contributed by atoms with van der Waals surface area (Å²) in [5.41, 5.74) is 2.17. The maximum absolute atomic E-state index is 13.3. The molecule has 0 heterocycles. The van der Waals surface area contributed by atoms with Crippen molar-refractivity contribution >= 4 is 27.7 Å². The number of aryl methyl sites for hydroxylation is 1. The van der Waals surface area contributed by atoms with Gasteiger partial charge in [-0.15, -0.1) is 0 Å². The molecule has 0 radical (unpaired) electrons. The predicted molar refractivity (Wildman–Crippen MR) is 116 cm³/mol. The minimum absolute atomic E-state index is 0.169. The van der Waals surface area contributed by atoms with E-state index in [0.29, 0.717) is 11.4 Å². The van der Waals surface area contributed by atoms with Crippen LogP contribution in [0.5, 0.6) is 0 Å². The monoisotopic (exact) mass is 421 g/mol. The molecule has 0 aliphatic rings. The van der Waals surface area contributed by atoms with Crippen LogP contribution in [0.4, 0.5) is 0 Å². The van der Waals surface area contributed by atoms with Crippen molar-refractivity contribution in [3.05, 3.63) is 70.8 Å². The highest BCUT2D eigenvalue weighted by atomic mass is 35.5. The normalized spacial score (nSPS) is 13.5. The van der Waals surface area contributed by atoms with Crippen LogP contribution in [0.2, 0.25) is 5.02 Å². The third-order valence-corrected chi connectivity index (χ3v) is 6.64. The lowest BCUT2D eigenvalue weighted by Gasteiger charge is -2.30. The van der Waals surface area contributed by atoms with Gasteiger partial charge in [-0.2, -0.15) is 4.31 Å². The second-order valence-electron chi connectivity index (χ2n) is 7.31. The van der Waals surface area contributed by atoms with Crippen molar-refractivity contribution in [1.82, 2.24) is 4.31 Å². The highest BCUT2D eigenvalue weighted by Gasteiger charge is 2.30. The molecule has 0 saturated carbocycles. The third-order valence-electron chi connectivity index (χ3n) is 4.45. The van der Waals surface area contributed by atoms with Gasteiger partial charge in [0, 0.05) is 17.6 Å². The van der Waals surface area contributed by atoms with Gasteiger partial charge in [-0.1, -0.05) is 67.4 Å². The number of hydrogen-bond acceptors (Lipinski definition) is 3. The summed E-state index contributed by atoms with van der Waals surface area (Å²) in [6.07, 6.45) is 4.29. The first kappa shape index (κ1) is 22.6. The lowest BCUT2D eigenvalue weighted by Crippen LogP contribution is -2.43. The number of benzene rings is 2. The molecule has 0 aromatic heterocycles. The number of hydrogen-bond donors (Lipinski definition) is 1. The van der Waals surface area contributed by atoms with E-state index in [1.54, 1.807) is 12.1 Å². The van der Waals surface area contributed by atoms with E-state index in [2.05, 4.69) is 0 Å². The number of nitrogens with zero attached hydrogens (tertiary/aromatic N) is 1. The lowest BCUT2D eigenvalue weighted by molar-refractivity contribution is 0.175. The van der Waals surface area contributed by atoms with Crippen LogP contribution in [-0.4, -0.2) is 37.0 Å². The van der Waals surface area contributed by atoms with Gasteiger partial charge in [0.15, 0.2) is 0 Å². The van der Waals surface area contributed by atoms with Gasteiger partial charge in [-0.25, -0.2) is 8.42 Å².